The Hall–Kier alpha value is -1.52. The zero-order valence-corrected chi connectivity index (χ0v) is 11.1. The lowest BCUT2D eigenvalue weighted by atomic mass is 10.2. The molecule has 2 aromatic rings. The molecule has 0 fully saturated rings. The van der Waals surface area contributed by atoms with Crippen LogP contribution in [0, 0.1) is 6.92 Å². The van der Waals surface area contributed by atoms with Crippen molar-refractivity contribution in [3.05, 3.63) is 46.3 Å². The van der Waals surface area contributed by atoms with Gasteiger partial charge >= 0.3 is 0 Å². The topological polar surface area (TPSA) is 47.3 Å². The first kappa shape index (κ1) is 12.9. The van der Waals surface area contributed by atoms with E-state index in [2.05, 4.69) is 10.5 Å². The normalized spacial score (nSPS) is 10.6. The first-order chi connectivity index (χ1) is 8.69. The summed E-state index contributed by atoms with van der Waals surface area (Å²) in [5, 5.41) is 7.79. The Bertz CT molecular complexity index is 525. The zero-order valence-electron chi connectivity index (χ0n) is 10.4. The summed E-state index contributed by atoms with van der Waals surface area (Å²) < 4.78 is 10.4. The number of nitrogens with one attached hydrogen (secondary N) is 1. The van der Waals surface area contributed by atoms with Gasteiger partial charge in [-0.1, -0.05) is 16.8 Å². The van der Waals surface area contributed by atoms with Crippen LogP contribution in [0.1, 0.15) is 17.0 Å². The minimum Gasteiger partial charge on any atom is -0.496 e. The van der Waals surface area contributed by atoms with Gasteiger partial charge in [0.25, 0.3) is 0 Å². The number of ether oxygens (including phenoxy) is 1. The Morgan fingerprint density at radius 3 is 2.83 bits per heavy atom. The molecule has 4 nitrogen and oxygen atoms in total. The van der Waals surface area contributed by atoms with Crippen molar-refractivity contribution < 1.29 is 9.26 Å². The van der Waals surface area contributed by atoms with Gasteiger partial charge in [-0.3, -0.25) is 0 Å². The fourth-order valence-corrected chi connectivity index (χ4v) is 1.90. The lowest BCUT2D eigenvalue weighted by Crippen LogP contribution is -2.12. The molecule has 1 heterocycles. The maximum Gasteiger partial charge on any atom is 0.150 e. The summed E-state index contributed by atoms with van der Waals surface area (Å²) in [7, 11) is 1.65. The van der Waals surface area contributed by atoms with Crippen LogP contribution >= 0.6 is 11.6 Å². The van der Waals surface area contributed by atoms with Crippen molar-refractivity contribution in [2.75, 3.05) is 7.11 Å². The van der Waals surface area contributed by atoms with Crippen molar-refractivity contribution in [2.24, 2.45) is 0 Å². The third kappa shape index (κ3) is 3.24. The fraction of sp³-hybridized carbons (Fsp3) is 0.308. The molecule has 0 bridgehead atoms. The Balaban J connectivity index is 1.95. The number of nitrogens with zero attached hydrogens (tertiary/aromatic N) is 1. The lowest BCUT2D eigenvalue weighted by Gasteiger charge is -2.09. The van der Waals surface area contributed by atoms with Gasteiger partial charge in [-0.2, -0.15) is 0 Å². The van der Waals surface area contributed by atoms with Crippen LogP contribution in [0.3, 0.4) is 0 Å². The molecule has 0 spiro atoms. The number of methoxy groups -OCH3 is 1. The molecule has 0 amide bonds. The van der Waals surface area contributed by atoms with Gasteiger partial charge in [0.15, 0.2) is 5.76 Å². The minimum atomic E-state index is 0.622. The molecule has 96 valence electrons. The Labute approximate surface area is 111 Å². The number of rotatable bonds is 5. The van der Waals surface area contributed by atoms with E-state index < -0.39 is 0 Å². The van der Waals surface area contributed by atoms with Gasteiger partial charge in [0.1, 0.15) is 5.75 Å². The predicted octanol–water partition coefficient (Wildman–Crippen LogP) is 2.93. The van der Waals surface area contributed by atoms with E-state index in [-0.39, 0.29) is 0 Å². The number of aryl methyl sites for hydroxylation is 1. The van der Waals surface area contributed by atoms with E-state index in [0.29, 0.717) is 18.1 Å². The zero-order chi connectivity index (χ0) is 13.0. The van der Waals surface area contributed by atoms with Crippen LogP contribution in [-0.4, -0.2) is 12.3 Å². The second-order valence-electron chi connectivity index (χ2n) is 3.99. The van der Waals surface area contributed by atoms with Crippen molar-refractivity contribution in [1.29, 1.82) is 0 Å². The quantitative estimate of drug-likeness (QED) is 0.904. The lowest BCUT2D eigenvalue weighted by molar-refractivity contribution is 0.368. The maximum atomic E-state index is 5.96. The fourth-order valence-electron chi connectivity index (χ4n) is 1.71. The first-order valence-corrected chi connectivity index (χ1v) is 6.02. The highest BCUT2D eigenvalue weighted by Gasteiger charge is 2.05. The molecule has 1 aromatic heterocycles. The Morgan fingerprint density at radius 1 is 1.33 bits per heavy atom. The van der Waals surface area contributed by atoms with E-state index in [1.807, 2.05) is 31.2 Å². The largest absolute Gasteiger partial charge is 0.496 e. The Morgan fingerprint density at radius 2 is 2.17 bits per heavy atom. The van der Waals surface area contributed by atoms with Crippen molar-refractivity contribution in [3.8, 4) is 5.75 Å². The molecule has 0 atom stereocenters. The van der Waals surface area contributed by atoms with Crippen LogP contribution in [0.5, 0.6) is 5.75 Å². The summed E-state index contributed by atoms with van der Waals surface area (Å²) in [6.45, 7) is 3.17. The van der Waals surface area contributed by atoms with Gasteiger partial charge in [0.05, 0.1) is 19.3 Å². The van der Waals surface area contributed by atoms with Crippen LogP contribution in [0.15, 0.2) is 28.8 Å². The number of aromatic nitrogens is 1. The van der Waals surface area contributed by atoms with Gasteiger partial charge in [-0.05, 0) is 25.1 Å². The van der Waals surface area contributed by atoms with Crippen molar-refractivity contribution in [3.63, 3.8) is 0 Å². The van der Waals surface area contributed by atoms with Crippen LogP contribution in [-0.2, 0) is 13.1 Å². The third-order valence-electron chi connectivity index (χ3n) is 2.53. The number of benzene rings is 1. The van der Waals surface area contributed by atoms with Crippen molar-refractivity contribution >= 4 is 11.6 Å². The van der Waals surface area contributed by atoms with Crippen LogP contribution in [0.2, 0.25) is 5.02 Å². The number of hydrogen-bond acceptors (Lipinski definition) is 4. The number of halogens is 1. The summed E-state index contributed by atoms with van der Waals surface area (Å²) in [6, 6.07) is 7.46. The van der Waals surface area contributed by atoms with E-state index in [4.69, 9.17) is 20.9 Å². The molecule has 0 aliphatic carbocycles. The van der Waals surface area contributed by atoms with Crippen LogP contribution in [0.4, 0.5) is 0 Å². The highest BCUT2D eigenvalue weighted by Crippen LogP contribution is 2.22. The van der Waals surface area contributed by atoms with Gasteiger partial charge in [0.2, 0.25) is 0 Å². The molecular weight excluding hydrogens is 252 g/mol. The molecule has 1 aromatic carbocycles. The van der Waals surface area contributed by atoms with Gasteiger partial charge in [0, 0.05) is 23.2 Å². The second-order valence-corrected chi connectivity index (χ2v) is 4.43. The van der Waals surface area contributed by atoms with Crippen molar-refractivity contribution in [1.82, 2.24) is 10.5 Å². The first-order valence-electron chi connectivity index (χ1n) is 5.64. The average Bonchev–Trinajstić information content (AvgIpc) is 2.75. The van der Waals surface area contributed by atoms with Gasteiger partial charge < -0.3 is 14.6 Å². The molecule has 18 heavy (non-hydrogen) atoms. The van der Waals surface area contributed by atoms with E-state index in [1.54, 1.807) is 7.11 Å². The highest BCUT2D eigenvalue weighted by molar-refractivity contribution is 6.30. The molecule has 0 saturated carbocycles. The molecule has 0 aliphatic rings. The third-order valence-corrected chi connectivity index (χ3v) is 2.77. The van der Waals surface area contributed by atoms with E-state index >= 15 is 0 Å². The summed E-state index contributed by atoms with van der Waals surface area (Å²) >= 11 is 5.96. The molecule has 1 N–H and O–H groups in total. The van der Waals surface area contributed by atoms with E-state index in [0.717, 1.165) is 22.8 Å². The van der Waals surface area contributed by atoms with Gasteiger partial charge in [-0.15, -0.1) is 0 Å². The molecule has 0 aliphatic heterocycles. The molecule has 0 saturated heterocycles. The van der Waals surface area contributed by atoms with Crippen LogP contribution < -0.4 is 10.1 Å². The smallest absolute Gasteiger partial charge is 0.150 e. The SMILES string of the molecule is COc1ccc(Cl)cc1CNCc1cc(C)no1. The van der Waals surface area contributed by atoms with E-state index in [9.17, 15) is 0 Å². The molecule has 0 unspecified atom stereocenters. The standard InChI is InChI=1S/C13H15ClN2O2/c1-9-5-12(18-16-9)8-15-7-10-6-11(14)3-4-13(10)17-2/h3-6,15H,7-8H2,1-2H3. The predicted molar refractivity (Wildman–Crippen MR) is 69.8 cm³/mol. The summed E-state index contributed by atoms with van der Waals surface area (Å²) in [6.07, 6.45) is 0. The van der Waals surface area contributed by atoms with Crippen molar-refractivity contribution in [2.45, 2.75) is 20.0 Å². The second kappa shape index (κ2) is 5.89. The molecule has 2 rings (SSSR count). The molecular formula is C13H15ClN2O2. The van der Waals surface area contributed by atoms with Crippen LogP contribution in [0.25, 0.3) is 0 Å². The van der Waals surface area contributed by atoms with E-state index in [1.165, 1.54) is 0 Å². The highest BCUT2D eigenvalue weighted by atomic mass is 35.5. The Kier molecular flexibility index (Phi) is 4.23. The van der Waals surface area contributed by atoms with Gasteiger partial charge in [-0.25, -0.2) is 0 Å². The summed E-state index contributed by atoms with van der Waals surface area (Å²) in [5.74, 6) is 1.63. The maximum absolute atomic E-state index is 5.96. The summed E-state index contributed by atoms with van der Waals surface area (Å²) in [4.78, 5) is 0. The minimum absolute atomic E-state index is 0.622. The summed E-state index contributed by atoms with van der Waals surface area (Å²) in [5.41, 5.74) is 1.90. The average molecular weight is 267 g/mol. The molecule has 0 radical (unpaired) electrons. The number of hydrogen-bond donors (Lipinski definition) is 1. The monoisotopic (exact) mass is 266 g/mol. The molecule has 5 heteroatoms.